The van der Waals surface area contributed by atoms with Crippen molar-refractivity contribution in [2.24, 2.45) is 23.7 Å². The number of hydrogen-bond acceptors (Lipinski definition) is 2. The summed E-state index contributed by atoms with van der Waals surface area (Å²) in [4.78, 5) is 0. The number of fused-ring (bicyclic) bond motifs is 1. The third-order valence-electron chi connectivity index (χ3n) is 5.37. The standard InChI is InChI=1S/C16H30O2/c1-3-6-11-8-5-9-12-10-13(7-4-2)16(18)14(12)15(11)17/h11-18H,3-10H2,1-2H3/t11-,12?,13+,14?,15?,16?/m0/s1. The Kier molecular flexibility index (Phi) is 5.08. The molecule has 2 N–H and O–H groups in total. The zero-order valence-corrected chi connectivity index (χ0v) is 12.0. The molecule has 0 radical (unpaired) electrons. The van der Waals surface area contributed by atoms with E-state index in [4.69, 9.17) is 0 Å². The molecule has 0 aromatic heterocycles. The molecule has 2 aliphatic rings. The fourth-order valence-electron chi connectivity index (χ4n) is 4.54. The van der Waals surface area contributed by atoms with Crippen LogP contribution in [-0.2, 0) is 0 Å². The van der Waals surface area contributed by atoms with Crippen molar-refractivity contribution in [1.29, 1.82) is 0 Å². The topological polar surface area (TPSA) is 40.5 Å². The minimum absolute atomic E-state index is 0.167. The van der Waals surface area contributed by atoms with E-state index >= 15 is 0 Å². The van der Waals surface area contributed by atoms with Crippen molar-refractivity contribution >= 4 is 0 Å². The van der Waals surface area contributed by atoms with Crippen molar-refractivity contribution in [1.82, 2.24) is 0 Å². The molecular formula is C16H30O2. The van der Waals surface area contributed by atoms with E-state index in [0.717, 1.165) is 38.5 Å². The first-order valence-electron chi connectivity index (χ1n) is 8.05. The third kappa shape index (κ3) is 2.75. The highest BCUT2D eigenvalue weighted by atomic mass is 16.3. The summed E-state index contributed by atoms with van der Waals surface area (Å²) in [5.41, 5.74) is 0. The Morgan fingerprint density at radius 3 is 2.17 bits per heavy atom. The van der Waals surface area contributed by atoms with Crippen LogP contribution in [0.3, 0.4) is 0 Å². The Labute approximate surface area is 112 Å². The van der Waals surface area contributed by atoms with Gasteiger partial charge in [-0.2, -0.15) is 0 Å². The van der Waals surface area contributed by atoms with Crippen molar-refractivity contribution in [3.8, 4) is 0 Å². The summed E-state index contributed by atoms with van der Waals surface area (Å²) in [7, 11) is 0. The van der Waals surface area contributed by atoms with Crippen molar-refractivity contribution < 1.29 is 10.2 Å². The van der Waals surface area contributed by atoms with E-state index in [2.05, 4.69) is 13.8 Å². The molecule has 6 atom stereocenters. The molecule has 4 unspecified atom stereocenters. The molecule has 0 aromatic rings. The van der Waals surface area contributed by atoms with E-state index in [-0.39, 0.29) is 18.1 Å². The summed E-state index contributed by atoms with van der Waals surface area (Å²) in [6.45, 7) is 4.39. The van der Waals surface area contributed by atoms with Crippen molar-refractivity contribution in [3.05, 3.63) is 0 Å². The van der Waals surface area contributed by atoms with Gasteiger partial charge in [0.1, 0.15) is 0 Å². The Balaban J connectivity index is 2.07. The van der Waals surface area contributed by atoms with Gasteiger partial charge in [0.05, 0.1) is 12.2 Å². The van der Waals surface area contributed by atoms with Crippen LogP contribution in [0.4, 0.5) is 0 Å². The predicted molar refractivity (Wildman–Crippen MR) is 74.3 cm³/mol. The molecule has 2 nitrogen and oxygen atoms in total. The van der Waals surface area contributed by atoms with Crippen LogP contribution in [0.5, 0.6) is 0 Å². The highest BCUT2D eigenvalue weighted by Gasteiger charge is 2.47. The molecule has 18 heavy (non-hydrogen) atoms. The molecule has 2 aliphatic carbocycles. The summed E-state index contributed by atoms with van der Waals surface area (Å²) >= 11 is 0. The van der Waals surface area contributed by atoms with E-state index in [1.807, 2.05) is 0 Å². The van der Waals surface area contributed by atoms with E-state index < -0.39 is 0 Å². The fraction of sp³-hybridized carbons (Fsp3) is 1.00. The highest BCUT2D eigenvalue weighted by molar-refractivity contribution is 4.97. The van der Waals surface area contributed by atoms with Gasteiger partial charge in [0.25, 0.3) is 0 Å². The third-order valence-corrected chi connectivity index (χ3v) is 5.37. The Morgan fingerprint density at radius 2 is 1.50 bits per heavy atom. The van der Waals surface area contributed by atoms with E-state index in [9.17, 15) is 10.2 Å². The van der Waals surface area contributed by atoms with Crippen molar-refractivity contribution in [2.45, 2.75) is 77.4 Å². The second-order valence-electron chi connectivity index (χ2n) is 6.58. The molecule has 2 saturated carbocycles. The summed E-state index contributed by atoms with van der Waals surface area (Å²) in [5.74, 6) is 1.62. The van der Waals surface area contributed by atoms with E-state index in [0.29, 0.717) is 17.8 Å². The summed E-state index contributed by atoms with van der Waals surface area (Å²) in [6, 6.07) is 0. The maximum Gasteiger partial charge on any atom is 0.0624 e. The molecule has 0 amide bonds. The largest absolute Gasteiger partial charge is 0.392 e. The van der Waals surface area contributed by atoms with Crippen molar-refractivity contribution in [2.75, 3.05) is 0 Å². The number of aliphatic hydroxyl groups is 2. The van der Waals surface area contributed by atoms with Gasteiger partial charge >= 0.3 is 0 Å². The molecule has 0 bridgehead atoms. The van der Waals surface area contributed by atoms with E-state index in [1.165, 1.54) is 12.8 Å². The van der Waals surface area contributed by atoms with Gasteiger partial charge in [-0.05, 0) is 49.9 Å². The lowest BCUT2D eigenvalue weighted by molar-refractivity contribution is -0.0272. The molecule has 106 valence electrons. The molecular weight excluding hydrogens is 224 g/mol. The van der Waals surface area contributed by atoms with Gasteiger partial charge in [-0.1, -0.05) is 33.1 Å². The van der Waals surface area contributed by atoms with Gasteiger partial charge in [0.2, 0.25) is 0 Å². The average molecular weight is 254 g/mol. The predicted octanol–water partition coefficient (Wildman–Crippen LogP) is 3.36. The first kappa shape index (κ1) is 14.3. The molecule has 2 heteroatoms. The van der Waals surface area contributed by atoms with Gasteiger partial charge in [-0.3, -0.25) is 0 Å². The van der Waals surface area contributed by atoms with Crippen LogP contribution in [0.15, 0.2) is 0 Å². The summed E-state index contributed by atoms with van der Waals surface area (Å²) in [6.07, 6.45) is 8.81. The van der Waals surface area contributed by atoms with Crippen LogP contribution in [0.25, 0.3) is 0 Å². The van der Waals surface area contributed by atoms with Crippen LogP contribution in [-0.4, -0.2) is 22.4 Å². The van der Waals surface area contributed by atoms with Gasteiger partial charge in [0, 0.05) is 5.92 Å². The minimum atomic E-state index is -0.255. The Bertz CT molecular complexity index is 253. The molecule has 0 spiro atoms. The van der Waals surface area contributed by atoms with Gasteiger partial charge in [-0.25, -0.2) is 0 Å². The quantitative estimate of drug-likeness (QED) is 0.807. The fourth-order valence-corrected chi connectivity index (χ4v) is 4.54. The molecule has 2 rings (SSSR count). The maximum atomic E-state index is 10.6. The molecule has 2 fully saturated rings. The monoisotopic (exact) mass is 254 g/mol. The Morgan fingerprint density at radius 1 is 0.889 bits per heavy atom. The van der Waals surface area contributed by atoms with Gasteiger partial charge < -0.3 is 10.2 Å². The van der Waals surface area contributed by atoms with E-state index in [1.54, 1.807) is 0 Å². The molecule has 0 saturated heterocycles. The zero-order chi connectivity index (χ0) is 13.1. The van der Waals surface area contributed by atoms with Gasteiger partial charge in [-0.15, -0.1) is 0 Å². The van der Waals surface area contributed by atoms with Crippen LogP contribution < -0.4 is 0 Å². The maximum absolute atomic E-state index is 10.6. The average Bonchev–Trinajstić information content (AvgIpc) is 2.56. The lowest BCUT2D eigenvalue weighted by atomic mass is 9.82. The lowest BCUT2D eigenvalue weighted by Crippen LogP contribution is -2.37. The first-order chi connectivity index (χ1) is 8.69. The first-order valence-corrected chi connectivity index (χ1v) is 8.05. The molecule has 0 aliphatic heterocycles. The van der Waals surface area contributed by atoms with Crippen molar-refractivity contribution in [3.63, 3.8) is 0 Å². The summed E-state index contributed by atoms with van der Waals surface area (Å²) in [5, 5.41) is 21.2. The van der Waals surface area contributed by atoms with Crippen LogP contribution in [0.2, 0.25) is 0 Å². The molecule has 0 aromatic carbocycles. The normalized spacial score (nSPS) is 44.7. The molecule has 0 heterocycles. The highest BCUT2D eigenvalue weighted by Crippen LogP contribution is 2.47. The summed E-state index contributed by atoms with van der Waals surface area (Å²) < 4.78 is 0. The SMILES string of the molecule is CCC[C@H]1CCCC2C[C@@H](CCC)C(O)C2C1O. The number of rotatable bonds is 4. The Hall–Kier alpha value is -0.0800. The van der Waals surface area contributed by atoms with Gasteiger partial charge in [0.15, 0.2) is 0 Å². The lowest BCUT2D eigenvalue weighted by Gasteiger charge is -2.30. The zero-order valence-electron chi connectivity index (χ0n) is 12.0. The van der Waals surface area contributed by atoms with Crippen LogP contribution >= 0.6 is 0 Å². The number of hydrogen-bond donors (Lipinski definition) is 2. The van der Waals surface area contributed by atoms with Crippen LogP contribution in [0.1, 0.15) is 65.2 Å². The smallest absolute Gasteiger partial charge is 0.0624 e. The minimum Gasteiger partial charge on any atom is -0.392 e. The second kappa shape index (κ2) is 6.38. The van der Waals surface area contributed by atoms with Crippen LogP contribution in [0, 0.1) is 23.7 Å². The number of aliphatic hydroxyl groups excluding tert-OH is 2. The second-order valence-corrected chi connectivity index (χ2v) is 6.58.